The standard InChI is InChI=1S/C12H7NO4/c13-7-8-1-3-9(4-2-8)16-11-6-5-10(17-11)12(14)15/h1-6H,(H,14,15). The van der Waals surface area contributed by atoms with Crippen molar-refractivity contribution in [1.82, 2.24) is 0 Å². The predicted octanol–water partition coefficient (Wildman–Crippen LogP) is 2.64. The Labute approximate surface area is 96.5 Å². The van der Waals surface area contributed by atoms with Gasteiger partial charge in [0.15, 0.2) is 0 Å². The van der Waals surface area contributed by atoms with E-state index in [1.54, 1.807) is 24.3 Å². The minimum Gasteiger partial charge on any atom is -0.475 e. The lowest BCUT2D eigenvalue weighted by molar-refractivity contribution is 0.0657. The number of nitriles is 1. The van der Waals surface area contributed by atoms with Crippen molar-refractivity contribution in [2.45, 2.75) is 0 Å². The second kappa shape index (κ2) is 4.41. The molecule has 2 aromatic rings. The fourth-order valence-electron chi connectivity index (χ4n) is 1.20. The summed E-state index contributed by atoms with van der Waals surface area (Å²) in [5.41, 5.74) is 0.517. The molecule has 0 fully saturated rings. The van der Waals surface area contributed by atoms with Crippen molar-refractivity contribution in [3.63, 3.8) is 0 Å². The molecule has 0 unspecified atom stereocenters. The predicted molar refractivity (Wildman–Crippen MR) is 56.9 cm³/mol. The number of aromatic carboxylic acids is 1. The molecule has 0 radical (unpaired) electrons. The molecule has 1 aromatic heterocycles. The van der Waals surface area contributed by atoms with Crippen molar-refractivity contribution in [2.75, 3.05) is 0 Å². The number of nitrogens with zero attached hydrogens (tertiary/aromatic N) is 1. The third-order valence-electron chi connectivity index (χ3n) is 1.99. The Morgan fingerprint density at radius 3 is 2.47 bits per heavy atom. The molecule has 0 aliphatic heterocycles. The summed E-state index contributed by atoms with van der Waals surface area (Å²) in [7, 11) is 0. The molecule has 5 heteroatoms. The van der Waals surface area contributed by atoms with Crippen LogP contribution in [0.3, 0.4) is 0 Å². The molecule has 1 aromatic carbocycles. The molecule has 0 spiro atoms. The highest BCUT2D eigenvalue weighted by Crippen LogP contribution is 2.23. The first kappa shape index (κ1) is 10.8. The molecule has 0 bridgehead atoms. The van der Waals surface area contributed by atoms with Gasteiger partial charge in [0.05, 0.1) is 11.6 Å². The lowest BCUT2D eigenvalue weighted by atomic mass is 10.2. The van der Waals surface area contributed by atoms with Gasteiger partial charge < -0.3 is 14.3 Å². The molecule has 17 heavy (non-hydrogen) atoms. The largest absolute Gasteiger partial charge is 0.475 e. The van der Waals surface area contributed by atoms with Crippen LogP contribution in [-0.4, -0.2) is 11.1 Å². The van der Waals surface area contributed by atoms with Crippen LogP contribution in [0.1, 0.15) is 16.1 Å². The highest BCUT2D eigenvalue weighted by atomic mass is 16.6. The molecule has 2 rings (SSSR count). The van der Waals surface area contributed by atoms with Gasteiger partial charge in [-0.25, -0.2) is 4.79 Å². The molecule has 1 N–H and O–H groups in total. The molecule has 0 amide bonds. The van der Waals surface area contributed by atoms with E-state index >= 15 is 0 Å². The third-order valence-corrected chi connectivity index (χ3v) is 1.99. The topological polar surface area (TPSA) is 83.5 Å². The maximum Gasteiger partial charge on any atom is 0.371 e. The average molecular weight is 229 g/mol. The van der Waals surface area contributed by atoms with E-state index in [4.69, 9.17) is 19.5 Å². The minimum absolute atomic E-state index is 0.0899. The van der Waals surface area contributed by atoms with Gasteiger partial charge in [-0.2, -0.15) is 5.26 Å². The normalized spacial score (nSPS) is 9.59. The number of carbonyl (C=O) groups is 1. The number of hydrogen-bond donors (Lipinski definition) is 1. The Balaban J connectivity index is 2.14. The molecule has 0 aliphatic rings. The first-order valence-electron chi connectivity index (χ1n) is 4.70. The first-order valence-corrected chi connectivity index (χ1v) is 4.70. The van der Waals surface area contributed by atoms with E-state index in [1.807, 2.05) is 6.07 Å². The van der Waals surface area contributed by atoms with Crippen molar-refractivity contribution in [1.29, 1.82) is 5.26 Å². The number of furan rings is 1. The van der Waals surface area contributed by atoms with Crippen LogP contribution in [0, 0.1) is 11.3 Å². The van der Waals surface area contributed by atoms with E-state index in [9.17, 15) is 4.79 Å². The van der Waals surface area contributed by atoms with Gasteiger partial charge in [-0.1, -0.05) is 0 Å². The zero-order chi connectivity index (χ0) is 12.3. The Morgan fingerprint density at radius 1 is 1.24 bits per heavy atom. The van der Waals surface area contributed by atoms with Gasteiger partial charge in [-0.15, -0.1) is 0 Å². The maximum atomic E-state index is 10.6. The van der Waals surface area contributed by atoms with Crippen LogP contribution in [0.2, 0.25) is 0 Å². The SMILES string of the molecule is N#Cc1ccc(Oc2ccc(C(=O)O)o2)cc1. The molecule has 0 aliphatic carbocycles. The molecule has 0 saturated heterocycles. The van der Waals surface area contributed by atoms with E-state index in [1.165, 1.54) is 12.1 Å². The van der Waals surface area contributed by atoms with Crippen LogP contribution in [0.15, 0.2) is 40.8 Å². The number of ether oxygens (including phenoxy) is 1. The summed E-state index contributed by atoms with van der Waals surface area (Å²) in [6.07, 6.45) is 0. The molecule has 5 nitrogen and oxygen atoms in total. The van der Waals surface area contributed by atoms with Gasteiger partial charge in [0.25, 0.3) is 5.95 Å². The van der Waals surface area contributed by atoms with E-state index in [0.717, 1.165) is 0 Å². The lowest BCUT2D eigenvalue weighted by Crippen LogP contribution is -1.91. The van der Waals surface area contributed by atoms with Crippen molar-refractivity contribution in [3.8, 4) is 17.8 Å². The van der Waals surface area contributed by atoms with Gasteiger partial charge in [0.2, 0.25) is 5.76 Å². The maximum absolute atomic E-state index is 10.6. The highest BCUT2D eigenvalue weighted by Gasteiger charge is 2.10. The Morgan fingerprint density at radius 2 is 1.94 bits per heavy atom. The van der Waals surface area contributed by atoms with Crippen molar-refractivity contribution < 1.29 is 19.1 Å². The van der Waals surface area contributed by atoms with E-state index in [-0.39, 0.29) is 11.7 Å². The summed E-state index contributed by atoms with van der Waals surface area (Å²) in [5.74, 6) is -0.782. The van der Waals surface area contributed by atoms with Gasteiger partial charge in [-0.3, -0.25) is 0 Å². The number of rotatable bonds is 3. The highest BCUT2D eigenvalue weighted by molar-refractivity contribution is 5.84. The van der Waals surface area contributed by atoms with Gasteiger partial charge >= 0.3 is 5.97 Å². The second-order valence-corrected chi connectivity index (χ2v) is 3.16. The van der Waals surface area contributed by atoms with Gasteiger partial charge in [0, 0.05) is 6.07 Å². The summed E-state index contributed by atoms with van der Waals surface area (Å²) in [6, 6.07) is 11.1. The molecular formula is C12H7NO4. The van der Waals surface area contributed by atoms with E-state index in [0.29, 0.717) is 11.3 Å². The van der Waals surface area contributed by atoms with Crippen molar-refractivity contribution in [2.24, 2.45) is 0 Å². The second-order valence-electron chi connectivity index (χ2n) is 3.16. The summed E-state index contributed by atoms with van der Waals surface area (Å²) in [5, 5.41) is 17.3. The monoisotopic (exact) mass is 229 g/mol. The quantitative estimate of drug-likeness (QED) is 0.874. The number of carboxylic acid groups (broad SMARTS) is 1. The summed E-state index contributed by atoms with van der Waals surface area (Å²) < 4.78 is 10.2. The lowest BCUT2D eigenvalue weighted by Gasteiger charge is -2.00. The van der Waals surface area contributed by atoms with Crippen molar-refractivity contribution >= 4 is 5.97 Å². The van der Waals surface area contributed by atoms with E-state index in [2.05, 4.69) is 0 Å². The Bertz CT molecular complexity index is 577. The summed E-state index contributed by atoms with van der Waals surface area (Å²) >= 11 is 0. The number of benzene rings is 1. The molecular weight excluding hydrogens is 222 g/mol. The smallest absolute Gasteiger partial charge is 0.371 e. The average Bonchev–Trinajstić information content (AvgIpc) is 2.79. The zero-order valence-corrected chi connectivity index (χ0v) is 8.58. The number of hydrogen-bond acceptors (Lipinski definition) is 4. The van der Waals surface area contributed by atoms with Crippen LogP contribution >= 0.6 is 0 Å². The van der Waals surface area contributed by atoms with Gasteiger partial charge in [-0.05, 0) is 30.3 Å². The van der Waals surface area contributed by atoms with Gasteiger partial charge in [0.1, 0.15) is 5.75 Å². The third kappa shape index (κ3) is 2.44. The number of carboxylic acids is 1. The molecule has 84 valence electrons. The Kier molecular flexibility index (Phi) is 2.79. The van der Waals surface area contributed by atoms with Crippen LogP contribution < -0.4 is 4.74 Å². The first-order chi connectivity index (χ1) is 8.19. The fourth-order valence-corrected chi connectivity index (χ4v) is 1.20. The van der Waals surface area contributed by atoms with E-state index < -0.39 is 5.97 Å². The molecule has 0 atom stereocenters. The zero-order valence-electron chi connectivity index (χ0n) is 8.58. The molecule has 0 saturated carbocycles. The van der Waals surface area contributed by atoms with Crippen LogP contribution in [0.25, 0.3) is 0 Å². The minimum atomic E-state index is -1.15. The molecule has 1 heterocycles. The fraction of sp³-hybridized carbons (Fsp3) is 0. The van der Waals surface area contributed by atoms with Crippen LogP contribution in [0.4, 0.5) is 0 Å². The summed E-state index contributed by atoms with van der Waals surface area (Å²) in [6.45, 7) is 0. The Hall–Kier alpha value is -2.74. The van der Waals surface area contributed by atoms with Crippen LogP contribution in [0.5, 0.6) is 11.7 Å². The van der Waals surface area contributed by atoms with Crippen LogP contribution in [-0.2, 0) is 0 Å². The van der Waals surface area contributed by atoms with Crippen molar-refractivity contribution in [3.05, 3.63) is 47.7 Å². The summed E-state index contributed by atoms with van der Waals surface area (Å²) in [4.78, 5) is 10.6.